The van der Waals surface area contributed by atoms with Gasteiger partial charge < -0.3 is 4.90 Å². The first kappa shape index (κ1) is 17.6. The summed E-state index contributed by atoms with van der Waals surface area (Å²) in [5.41, 5.74) is 8.85. The molecule has 2 aliphatic rings. The number of nitrogens with zero attached hydrogens (tertiary/aromatic N) is 1. The Morgan fingerprint density at radius 2 is 1.36 bits per heavy atom. The average Bonchev–Trinajstić information content (AvgIpc) is 2.99. The van der Waals surface area contributed by atoms with E-state index >= 15 is 0 Å². The second kappa shape index (κ2) is 6.81. The molecule has 1 spiro atoms. The molecule has 2 aliphatic carbocycles. The Balaban J connectivity index is 1.68. The van der Waals surface area contributed by atoms with Gasteiger partial charge in [-0.1, -0.05) is 67.8 Å². The highest BCUT2D eigenvalue weighted by Crippen LogP contribution is 2.56. The molecule has 0 amide bonds. The summed E-state index contributed by atoms with van der Waals surface area (Å²) in [6.45, 7) is 4.57. The predicted octanol–water partition coefficient (Wildman–Crippen LogP) is 7.46. The molecule has 0 unspecified atom stereocenters. The van der Waals surface area contributed by atoms with Gasteiger partial charge in [-0.2, -0.15) is 0 Å². The molecule has 0 saturated heterocycles. The fraction of sp³-hybridized carbons (Fsp3) is 0.333. The molecule has 1 fully saturated rings. The Hall–Kier alpha value is -2.54. The third-order valence-corrected chi connectivity index (χ3v) is 6.79. The zero-order valence-electron chi connectivity index (χ0n) is 17.0. The molecular formula is C27H29N. The zero-order chi connectivity index (χ0) is 19.1. The van der Waals surface area contributed by atoms with E-state index in [1.807, 2.05) is 0 Å². The third kappa shape index (κ3) is 2.60. The topological polar surface area (TPSA) is 3.24 Å². The quantitative estimate of drug-likeness (QED) is 0.464. The molecule has 1 nitrogen and oxygen atoms in total. The molecule has 0 bridgehead atoms. The van der Waals surface area contributed by atoms with Crippen LogP contribution >= 0.6 is 0 Å². The molecule has 1 heteroatoms. The Kier molecular flexibility index (Phi) is 4.27. The molecule has 0 aromatic heterocycles. The molecule has 1 saturated carbocycles. The van der Waals surface area contributed by atoms with Gasteiger partial charge in [-0.25, -0.2) is 0 Å². The van der Waals surface area contributed by atoms with Gasteiger partial charge in [-0.15, -0.1) is 0 Å². The second-order valence-electron chi connectivity index (χ2n) is 8.72. The maximum absolute atomic E-state index is 2.51. The van der Waals surface area contributed by atoms with E-state index in [0.29, 0.717) is 6.04 Å². The standard InChI is InChI=1S/C27H29N/c1-20(2)28(21-11-5-3-6-12-21)22-15-16-24-23-13-7-8-14-25(23)27(26(24)19-22)17-9-4-10-18-27/h3,5-8,11-16,19-20H,4,9-10,17-18H2,1-2H3. The summed E-state index contributed by atoms with van der Waals surface area (Å²) in [6.07, 6.45) is 6.62. The van der Waals surface area contributed by atoms with E-state index in [1.165, 1.54) is 54.6 Å². The summed E-state index contributed by atoms with van der Waals surface area (Å²) in [4.78, 5) is 2.47. The van der Waals surface area contributed by atoms with Crippen molar-refractivity contribution in [1.29, 1.82) is 0 Å². The van der Waals surface area contributed by atoms with E-state index in [-0.39, 0.29) is 5.41 Å². The Labute approximate surface area is 169 Å². The van der Waals surface area contributed by atoms with Gasteiger partial charge in [0.1, 0.15) is 0 Å². The second-order valence-corrected chi connectivity index (χ2v) is 8.72. The van der Waals surface area contributed by atoms with Gasteiger partial charge in [0, 0.05) is 22.8 Å². The lowest BCUT2D eigenvalue weighted by Gasteiger charge is -2.37. The van der Waals surface area contributed by atoms with Gasteiger partial charge in [-0.05, 0) is 73.2 Å². The Morgan fingerprint density at radius 1 is 0.679 bits per heavy atom. The monoisotopic (exact) mass is 367 g/mol. The minimum Gasteiger partial charge on any atom is -0.339 e. The van der Waals surface area contributed by atoms with E-state index in [9.17, 15) is 0 Å². The maximum atomic E-state index is 2.51. The van der Waals surface area contributed by atoms with Crippen LogP contribution in [0.25, 0.3) is 11.1 Å². The fourth-order valence-corrected chi connectivity index (χ4v) is 5.62. The smallest absolute Gasteiger partial charge is 0.0416 e. The molecule has 0 atom stereocenters. The first-order chi connectivity index (χ1) is 13.7. The summed E-state index contributed by atoms with van der Waals surface area (Å²) in [7, 11) is 0. The van der Waals surface area contributed by atoms with Crippen molar-refractivity contribution in [3.8, 4) is 11.1 Å². The number of rotatable bonds is 3. The summed E-state index contributed by atoms with van der Waals surface area (Å²) < 4.78 is 0. The average molecular weight is 368 g/mol. The lowest BCUT2D eigenvalue weighted by molar-refractivity contribution is 0.353. The highest BCUT2D eigenvalue weighted by molar-refractivity contribution is 5.83. The van der Waals surface area contributed by atoms with E-state index in [0.717, 1.165) is 0 Å². The zero-order valence-corrected chi connectivity index (χ0v) is 17.0. The van der Waals surface area contributed by atoms with Crippen LogP contribution in [0.2, 0.25) is 0 Å². The van der Waals surface area contributed by atoms with Crippen molar-refractivity contribution in [3.63, 3.8) is 0 Å². The van der Waals surface area contributed by atoms with Gasteiger partial charge >= 0.3 is 0 Å². The van der Waals surface area contributed by atoms with Crippen LogP contribution in [0.15, 0.2) is 72.8 Å². The molecule has 0 radical (unpaired) electrons. The molecule has 142 valence electrons. The number of hydrogen-bond acceptors (Lipinski definition) is 1. The summed E-state index contributed by atoms with van der Waals surface area (Å²) in [6, 6.07) is 27.6. The van der Waals surface area contributed by atoms with Crippen LogP contribution in [0.1, 0.15) is 57.1 Å². The van der Waals surface area contributed by atoms with E-state index in [2.05, 4.69) is 91.5 Å². The lowest BCUT2D eigenvalue weighted by atomic mass is 9.68. The Morgan fingerprint density at radius 3 is 2.11 bits per heavy atom. The molecule has 5 rings (SSSR count). The van der Waals surface area contributed by atoms with Crippen molar-refractivity contribution >= 4 is 11.4 Å². The highest BCUT2D eigenvalue weighted by atomic mass is 15.2. The van der Waals surface area contributed by atoms with Crippen molar-refractivity contribution in [3.05, 3.63) is 83.9 Å². The number of fused-ring (bicyclic) bond motifs is 5. The number of benzene rings is 3. The van der Waals surface area contributed by atoms with Crippen LogP contribution in [0.4, 0.5) is 11.4 Å². The Bertz CT molecular complexity index is 980. The minimum atomic E-state index is 0.222. The van der Waals surface area contributed by atoms with Crippen molar-refractivity contribution in [2.45, 2.75) is 57.4 Å². The first-order valence-electron chi connectivity index (χ1n) is 10.8. The summed E-state index contributed by atoms with van der Waals surface area (Å²) in [5, 5.41) is 0. The largest absolute Gasteiger partial charge is 0.339 e. The van der Waals surface area contributed by atoms with Crippen LogP contribution in [-0.2, 0) is 5.41 Å². The van der Waals surface area contributed by atoms with Crippen LogP contribution in [0.5, 0.6) is 0 Å². The van der Waals surface area contributed by atoms with Crippen LogP contribution < -0.4 is 4.90 Å². The fourth-order valence-electron chi connectivity index (χ4n) is 5.62. The number of hydrogen-bond donors (Lipinski definition) is 0. The minimum absolute atomic E-state index is 0.222. The summed E-state index contributed by atoms with van der Waals surface area (Å²) in [5.74, 6) is 0. The van der Waals surface area contributed by atoms with Crippen LogP contribution in [0, 0.1) is 0 Å². The number of para-hydroxylation sites is 1. The molecule has 28 heavy (non-hydrogen) atoms. The molecule has 0 aliphatic heterocycles. The number of anilines is 2. The van der Waals surface area contributed by atoms with E-state index in [1.54, 1.807) is 11.1 Å². The highest BCUT2D eigenvalue weighted by Gasteiger charge is 2.43. The first-order valence-corrected chi connectivity index (χ1v) is 10.8. The molecule has 3 aromatic carbocycles. The molecule has 0 heterocycles. The van der Waals surface area contributed by atoms with E-state index in [4.69, 9.17) is 0 Å². The molecular weight excluding hydrogens is 338 g/mol. The van der Waals surface area contributed by atoms with Crippen molar-refractivity contribution in [2.75, 3.05) is 4.90 Å². The normalized spacial score (nSPS) is 16.8. The maximum Gasteiger partial charge on any atom is 0.0416 e. The van der Waals surface area contributed by atoms with Crippen molar-refractivity contribution in [2.24, 2.45) is 0 Å². The van der Waals surface area contributed by atoms with Crippen LogP contribution in [-0.4, -0.2) is 6.04 Å². The van der Waals surface area contributed by atoms with Crippen molar-refractivity contribution < 1.29 is 0 Å². The molecule has 3 aromatic rings. The third-order valence-electron chi connectivity index (χ3n) is 6.79. The van der Waals surface area contributed by atoms with E-state index < -0.39 is 0 Å². The van der Waals surface area contributed by atoms with Crippen molar-refractivity contribution in [1.82, 2.24) is 0 Å². The SMILES string of the molecule is CC(C)N(c1ccccc1)c1ccc2c(c1)C1(CCCCC1)c1ccccc1-2. The van der Waals surface area contributed by atoms with Gasteiger partial charge in [0.15, 0.2) is 0 Å². The van der Waals surface area contributed by atoms with Gasteiger partial charge in [0.05, 0.1) is 0 Å². The van der Waals surface area contributed by atoms with Gasteiger partial charge in [0.25, 0.3) is 0 Å². The van der Waals surface area contributed by atoms with Crippen LogP contribution in [0.3, 0.4) is 0 Å². The summed E-state index contributed by atoms with van der Waals surface area (Å²) >= 11 is 0. The van der Waals surface area contributed by atoms with Gasteiger partial charge in [0.2, 0.25) is 0 Å². The predicted molar refractivity (Wildman–Crippen MR) is 119 cm³/mol. The van der Waals surface area contributed by atoms with Gasteiger partial charge in [-0.3, -0.25) is 0 Å². The molecule has 0 N–H and O–H groups in total. The lowest BCUT2D eigenvalue weighted by Crippen LogP contribution is -2.29.